The molecule has 0 spiro atoms. The summed E-state index contributed by atoms with van der Waals surface area (Å²) in [6.07, 6.45) is 3.44. The van der Waals surface area contributed by atoms with Crippen LogP contribution in [0.2, 0.25) is 0 Å². The summed E-state index contributed by atoms with van der Waals surface area (Å²) < 4.78 is 12.1. The molecule has 11 heteroatoms. The Morgan fingerprint density at radius 1 is 0.942 bits per heavy atom. The normalized spacial score (nSPS) is 27.7. The van der Waals surface area contributed by atoms with Gasteiger partial charge >= 0.3 is 5.97 Å². The lowest BCUT2D eigenvalue weighted by molar-refractivity contribution is -0.213. The highest BCUT2D eigenvalue weighted by Gasteiger charge is 2.80. The highest BCUT2D eigenvalue weighted by atomic mass is 16.5. The van der Waals surface area contributed by atoms with Crippen LogP contribution in [0.25, 0.3) is 0 Å². The SMILES string of the molecule is COc1cccc(OC)c1C12CC3CC(C1C(=O)NCCN(C(C)C)C(C)C)C(C(=O)O)(C(C)C)C(N(C(=O)c1cc[nH]n1)c1ccccc1)(C3)C2. The molecular formula is C41H55N5O6. The van der Waals surface area contributed by atoms with Crippen molar-refractivity contribution in [1.82, 2.24) is 20.4 Å². The zero-order valence-electron chi connectivity index (χ0n) is 31.8. The zero-order valence-corrected chi connectivity index (χ0v) is 31.8. The first-order valence-corrected chi connectivity index (χ1v) is 18.7. The van der Waals surface area contributed by atoms with E-state index in [1.165, 1.54) is 0 Å². The average molecular weight is 714 g/mol. The van der Waals surface area contributed by atoms with Crippen LogP contribution in [-0.4, -0.2) is 82.9 Å². The Bertz CT molecular complexity index is 1730. The topological polar surface area (TPSA) is 137 Å². The number of hydrogen-bond acceptors (Lipinski definition) is 7. The van der Waals surface area contributed by atoms with Crippen LogP contribution in [0.5, 0.6) is 11.5 Å². The molecule has 4 saturated carbocycles. The van der Waals surface area contributed by atoms with Crippen LogP contribution < -0.4 is 19.7 Å². The highest BCUT2D eigenvalue weighted by molar-refractivity contribution is 6.07. The van der Waals surface area contributed by atoms with Crippen molar-refractivity contribution in [3.8, 4) is 11.5 Å². The summed E-state index contributed by atoms with van der Waals surface area (Å²) in [6.45, 7) is 13.5. The molecule has 52 heavy (non-hydrogen) atoms. The number of ether oxygens (including phenoxy) is 2. The van der Waals surface area contributed by atoms with E-state index in [1.54, 1.807) is 31.4 Å². The van der Waals surface area contributed by atoms with Crippen molar-refractivity contribution < 1.29 is 29.0 Å². The molecule has 0 saturated heterocycles. The molecule has 7 rings (SSSR count). The van der Waals surface area contributed by atoms with Gasteiger partial charge in [-0.15, -0.1) is 0 Å². The van der Waals surface area contributed by atoms with Crippen molar-refractivity contribution in [3.05, 3.63) is 72.1 Å². The first kappa shape index (κ1) is 37.4. The lowest BCUT2D eigenvalue weighted by atomic mass is 9.31. The third-order valence-electron chi connectivity index (χ3n) is 12.7. The first-order chi connectivity index (χ1) is 24.8. The van der Waals surface area contributed by atoms with Crippen molar-refractivity contribution >= 4 is 23.5 Å². The number of nitrogens with one attached hydrogen (secondary N) is 2. The molecule has 4 aliphatic rings. The van der Waals surface area contributed by atoms with Gasteiger partial charge in [0, 0.05) is 48.0 Å². The van der Waals surface area contributed by atoms with E-state index in [4.69, 9.17) is 9.47 Å². The number of rotatable bonds is 14. The molecule has 11 nitrogen and oxygen atoms in total. The number of H-pyrrole nitrogens is 1. The van der Waals surface area contributed by atoms with Gasteiger partial charge in [0.15, 0.2) is 5.69 Å². The molecule has 4 bridgehead atoms. The van der Waals surface area contributed by atoms with E-state index >= 15 is 4.79 Å². The molecule has 6 unspecified atom stereocenters. The van der Waals surface area contributed by atoms with E-state index in [0.29, 0.717) is 61.6 Å². The first-order valence-electron chi connectivity index (χ1n) is 18.7. The Hall–Kier alpha value is -4.38. The molecule has 2 aromatic carbocycles. The summed E-state index contributed by atoms with van der Waals surface area (Å²) in [5.41, 5.74) is -2.15. The molecule has 3 aromatic rings. The third-order valence-corrected chi connectivity index (χ3v) is 12.7. The van der Waals surface area contributed by atoms with Gasteiger partial charge in [-0.25, -0.2) is 0 Å². The predicted octanol–water partition coefficient (Wildman–Crippen LogP) is 6.16. The molecule has 280 valence electrons. The van der Waals surface area contributed by atoms with Gasteiger partial charge in [-0.1, -0.05) is 38.1 Å². The quantitative estimate of drug-likeness (QED) is 0.181. The van der Waals surface area contributed by atoms with E-state index in [0.717, 1.165) is 5.56 Å². The second-order valence-corrected chi connectivity index (χ2v) is 16.0. The van der Waals surface area contributed by atoms with Crippen molar-refractivity contribution in [3.63, 3.8) is 0 Å². The monoisotopic (exact) mass is 713 g/mol. The Morgan fingerprint density at radius 2 is 1.60 bits per heavy atom. The molecule has 4 aliphatic carbocycles. The van der Waals surface area contributed by atoms with Gasteiger partial charge in [0.05, 0.1) is 31.1 Å². The summed E-state index contributed by atoms with van der Waals surface area (Å²) in [5, 5.41) is 22.2. The number of methoxy groups -OCH3 is 2. The minimum Gasteiger partial charge on any atom is -0.496 e. The molecule has 6 atom stereocenters. The van der Waals surface area contributed by atoms with Gasteiger partial charge in [-0.2, -0.15) is 5.10 Å². The number of carboxylic acids is 1. The van der Waals surface area contributed by atoms with E-state index in [-0.39, 0.29) is 29.8 Å². The maximum absolute atomic E-state index is 15.1. The summed E-state index contributed by atoms with van der Waals surface area (Å²) in [5.74, 6) is -2.19. The fourth-order valence-electron chi connectivity index (χ4n) is 11.3. The minimum atomic E-state index is -1.51. The molecule has 1 aromatic heterocycles. The number of carbonyl (C=O) groups excluding carboxylic acids is 2. The van der Waals surface area contributed by atoms with Crippen molar-refractivity contribution in [1.29, 1.82) is 0 Å². The highest BCUT2D eigenvalue weighted by Crippen LogP contribution is 2.75. The fourth-order valence-corrected chi connectivity index (χ4v) is 11.3. The largest absolute Gasteiger partial charge is 0.496 e. The van der Waals surface area contributed by atoms with E-state index in [9.17, 15) is 14.7 Å². The lowest BCUT2D eigenvalue weighted by Gasteiger charge is -2.74. The maximum Gasteiger partial charge on any atom is 0.312 e. The number of carboxylic acid groups (broad SMARTS) is 1. The average Bonchev–Trinajstić information content (AvgIpc) is 3.65. The maximum atomic E-state index is 15.1. The van der Waals surface area contributed by atoms with Crippen molar-refractivity contribution in [2.45, 2.75) is 90.3 Å². The third kappa shape index (κ3) is 5.58. The van der Waals surface area contributed by atoms with Gasteiger partial charge in [0.2, 0.25) is 5.91 Å². The number of nitrogens with zero attached hydrogens (tertiary/aromatic N) is 3. The fraction of sp³-hybridized carbons (Fsp3) is 0.561. The summed E-state index contributed by atoms with van der Waals surface area (Å²) in [7, 11) is 3.23. The number of amides is 2. The molecule has 0 radical (unpaired) electrons. The van der Waals surface area contributed by atoms with Crippen LogP contribution >= 0.6 is 0 Å². The van der Waals surface area contributed by atoms with Gasteiger partial charge in [0.1, 0.15) is 11.5 Å². The Morgan fingerprint density at radius 3 is 2.13 bits per heavy atom. The molecule has 2 amide bonds. The van der Waals surface area contributed by atoms with Gasteiger partial charge in [0.25, 0.3) is 5.91 Å². The number of aromatic nitrogens is 2. The van der Waals surface area contributed by atoms with Gasteiger partial charge in [-0.3, -0.25) is 29.3 Å². The second-order valence-electron chi connectivity index (χ2n) is 16.0. The zero-order chi connectivity index (χ0) is 37.6. The molecule has 4 fully saturated rings. The lowest BCUT2D eigenvalue weighted by Crippen LogP contribution is -2.82. The number of para-hydroxylation sites is 1. The van der Waals surface area contributed by atoms with E-state index in [1.807, 2.05) is 62.4 Å². The van der Waals surface area contributed by atoms with Crippen LogP contribution in [0, 0.1) is 29.1 Å². The Kier molecular flexibility index (Phi) is 10.2. The summed E-state index contributed by atoms with van der Waals surface area (Å²) in [4.78, 5) is 48.7. The number of aromatic amines is 1. The van der Waals surface area contributed by atoms with Crippen LogP contribution in [0.3, 0.4) is 0 Å². The number of benzene rings is 2. The number of carbonyl (C=O) groups is 3. The number of aliphatic carboxylic acids is 1. The number of hydrogen-bond donors (Lipinski definition) is 3. The predicted molar refractivity (Wildman–Crippen MR) is 200 cm³/mol. The van der Waals surface area contributed by atoms with E-state index < -0.39 is 40.1 Å². The minimum absolute atomic E-state index is 0.0132. The Balaban J connectivity index is 1.63. The standard InChI is InChI=1S/C41H55N5O6/c1-25(2)41(38(49)50)30-21-28-22-39(35-32(51-7)15-12-16-33(35)52-8,34(30)36(47)42-19-20-45(26(3)4)27(5)6)24-40(41,23-28)46(29-13-10-9-11-14-29)37(48)31-17-18-43-44-31/h9-18,25-28,30,34H,19-24H2,1-8H3,(H,42,47)(H,43,44)(H,49,50). The van der Waals surface area contributed by atoms with Crippen LogP contribution in [-0.2, 0) is 15.0 Å². The van der Waals surface area contributed by atoms with Gasteiger partial charge in [-0.05, 0) is 101 Å². The van der Waals surface area contributed by atoms with Gasteiger partial charge < -0.3 is 19.9 Å². The summed E-state index contributed by atoms with van der Waals surface area (Å²) >= 11 is 0. The van der Waals surface area contributed by atoms with Crippen LogP contribution in [0.4, 0.5) is 5.69 Å². The van der Waals surface area contributed by atoms with Crippen molar-refractivity contribution in [2.75, 3.05) is 32.2 Å². The van der Waals surface area contributed by atoms with Crippen LogP contribution in [0.1, 0.15) is 83.3 Å². The molecule has 3 N–H and O–H groups in total. The summed E-state index contributed by atoms with van der Waals surface area (Å²) in [6, 6.07) is 17.2. The number of anilines is 1. The molecular weight excluding hydrogens is 658 g/mol. The Labute approximate surface area is 307 Å². The van der Waals surface area contributed by atoms with Crippen molar-refractivity contribution in [2.24, 2.45) is 29.1 Å². The second kappa shape index (κ2) is 14.2. The molecule has 1 heterocycles. The van der Waals surface area contributed by atoms with E-state index in [2.05, 4.69) is 48.1 Å². The smallest absolute Gasteiger partial charge is 0.312 e. The van der Waals surface area contributed by atoms with Crippen LogP contribution in [0.15, 0.2) is 60.8 Å². The molecule has 0 aliphatic heterocycles.